The van der Waals surface area contributed by atoms with Crippen LogP contribution >= 0.6 is 0 Å². The molecule has 2 fully saturated rings. The normalized spacial score (nSPS) is 24.1. The van der Waals surface area contributed by atoms with Gasteiger partial charge in [-0.25, -0.2) is 4.98 Å². The number of fused-ring (bicyclic) bond motifs is 1. The van der Waals surface area contributed by atoms with Gasteiger partial charge >= 0.3 is 0 Å². The van der Waals surface area contributed by atoms with E-state index in [0.717, 1.165) is 31.0 Å². The third-order valence-electron chi connectivity index (χ3n) is 4.31. The fourth-order valence-electron chi connectivity index (χ4n) is 3.17. The molecule has 0 radical (unpaired) electrons. The van der Waals surface area contributed by atoms with Crippen molar-refractivity contribution in [2.24, 2.45) is 0 Å². The Morgan fingerprint density at radius 1 is 1.32 bits per heavy atom. The Bertz CT molecular complexity index is 474. The summed E-state index contributed by atoms with van der Waals surface area (Å²) in [5.41, 5.74) is 0.760. The Hall–Kier alpha value is -1.42. The lowest BCUT2D eigenvalue weighted by Gasteiger charge is -2.44. The van der Waals surface area contributed by atoms with E-state index in [1.807, 2.05) is 6.07 Å². The summed E-state index contributed by atoms with van der Waals surface area (Å²) in [5.74, 6) is 1.07. The topological polar surface area (TPSA) is 36.4 Å². The molecule has 0 amide bonds. The number of hydrogen-bond donors (Lipinski definition) is 0. The van der Waals surface area contributed by atoms with Gasteiger partial charge in [0.2, 0.25) is 0 Å². The number of hydrogen-bond acceptors (Lipinski definition) is 4. The first kappa shape index (κ1) is 12.6. The molecule has 2 saturated heterocycles. The summed E-state index contributed by atoms with van der Waals surface area (Å²) in [4.78, 5) is 20.8. The monoisotopic (exact) mass is 259 g/mol. The minimum atomic E-state index is 0.111. The molecule has 2 aliphatic rings. The SMILES string of the molecule is CC(=O)c1ccnc(N2CCN3CCCCC3C2)c1. The van der Waals surface area contributed by atoms with Crippen molar-refractivity contribution in [2.45, 2.75) is 32.2 Å². The summed E-state index contributed by atoms with van der Waals surface area (Å²) in [6, 6.07) is 4.40. The second-order valence-electron chi connectivity index (χ2n) is 5.59. The fourth-order valence-corrected chi connectivity index (χ4v) is 3.17. The maximum Gasteiger partial charge on any atom is 0.159 e. The van der Waals surface area contributed by atoms with E-state index in [1.54, 1.807) is 19.2 Å². The van der Waals surface area contributed by atoms with E-state index in [1.165, 1.54) is 25.8 Å². The molecule has 0 N–H and O–H groups in total. The van der Waals surface area contributed by atoms with Crippen molar-refractivity contribution in [1.82, 2.24) is 9.88 Å². The van der Waals surface area contributed by atoms with Gasteiger partial charge in [-0.15, -0.1) is 0 Å². The number of piperazine rings is 1. The number of carbonyl (C=O) groups excluding carboxylic acids is 1. The summed E-state index contributed by atoms with van der Waals surface area (Å²) in [6.07, 6.45) is 5.73. The van der Waals surface area contributed by atoms with Gasteiger partial charge in [0, 0.05) is 37.4 Å². The minimum absolute atomic E-state index is 0.111. The smallest absolute Gasteiger partial charge is 0.159 e. The summed E-state index contributed by atoms with van der Waals surface area (Å²) >= 11 is 0. The minimum Gasteiger partial charge on any atom is -0.354 e. The van der Waals surface area contributed by atoms with Crippen LogP contribution in [0.1, 0.15) is 36.5 Å². The van der Waals surface area contributed by atoms with Crippen LogP contribution in [0.15, 0.2) is 18.3 Å². The van der Waals surface area contributed by atoms with Gasteiger partial charge in [0.15, 0.2) is 5.78 Å². The number of pyridine rings is 1. The van der Waals surface area contributed by atoms with Crippen LogP contribution < -0.4 is 4.90 Å². The maximum atomic E-state index is 11.5. The molecular weight excluding hydrogens is 238 g/mol. The molecule has 1 unspecified atom stereocenters. The van der Waals surface area contributed by atoms with Gasteiger partial charge in [0.1, 0.15) is 5.82 Å². The molecule has 1 atom stereocenters. The molecule has 4 heteroatoms. The molecule has 3 heterocycles. The third kappa shape index (κ3) is 2.63. The Morgan fingerprint density at radius 3 is 3.05 bits per heavy atom. The molecule has 0 saturated carbocycles. The van der Waals surface area contributed by atoms with Crippen LogP contribution in [0.5, 0.6) is 0 Å². The van der Waals surface area contributed by atoms with Crippen LogP contribution in [0.4, 0.5) is 5.82 Å². The van der Waals surface area contributed by atoms with E-state index in [2.05, 4.69) is 14.8 Å². The van der Waals surface area contributed by atoms with Crippen LogP contribution in [0, 0.1) is 0 Å². The van der Waals surface area contributed by atoms with Crippen LogP contribution in [-0.2, 0) is 0 Å². The maximum absolute atomic E-state index is 11.5. The van der Waals surface area contributed by atoms with Crippen molar-refractivity contribution in [3.8, 4) is 0 Å². The standard InChI is InChI=1S/C15H21N3O/c1-12(19)13-5-6-16-15(10-13)18-9-8-17-7-3-2-4-14(17)11-18/h5-6,10,14H,2-4,7-9,11H2,1H3. The first-order chi connectivity index (χ1) is 9.24. The van der Waals surface area contributed by atoms with Gasteiger partial charge in [-0.05, 0) is 38.4 Å². The predicted molar refractivity (Wildman–Crippen MR) is 75.7 cm³/mol. The highest BCUT2D eigenvalue weighted by Crippen LogP contribution is 2.24. The zero-order valence-electron chi connectivity index (χ0n) is 11.5. The largest absolute Gasteiger partial charge is 0.354 e. The number of nitrogens with zero attached hydrogens (tertiary/aromatic N) is 3. The molecule has 0 aliphatic carbocycles. The van der Waals surface area contributed by atoms with Crippen molar-refractivity contribution in [3.05, 3.63) is 23.9 Å². The molecule has 1 aromatic heterocycles. The van der Waals surface area contributed by atoms with E-state index in [4.69, 9.17) is 0 Å². The highest BCUT2D eigenvalue weighted by atomic mass is 16.1. The Kier molecular flexibility index (Phi) is 3.51. The van der Waals surface area contributed by atoms with Gasteiger partial charge in [0.25, 0.3) is 0 Å². The van der Waals surface area contributed by atoms with E-state index in [-0.39, 0.29) is 5.78 Å². The van der Waals surface area contributed by atoms with Crippen molar-refractivity contribution in [2.75, 3.05) is 31.1 Å². The zero-order valence-corrected chi connectivity index (χ0v) is 11.5. The quantitative estimate of drug-likeness (QED) is 0.761. The van der Waals surface area contributed by atoms with Crippen LogP contribution in [0.25, 0.3) is 0 Å². The summed E-state index contributed by atoms with van der Waals surface area (Å²) in [7, 11) is 0. The molecule has 19 heavy (non-hydrogen) atoms. The summed E-state index contributed by atoms with van der Waals surface area (Å²) in [6.45, 7) is 6.05. The Balaban J connectivity index is 1.75. The molecule has 3 rings (SSSR count). The molecule has 0 aromatic carbocycles. The lowest BCUT2D eigenvalue weighted by atomic mass is 9.99. The van der Waals surface area contributed by atoms with Crippen molar-refractivity contribution < 1.29 is 4.79 Å². The molecule has 2 aliphatic heterocycles. The Morgan fingerprint density at radius 2 is 2.21 bits per heavy atom. The number of anilines is 1. The van der Waals surface area contributed by atoms with Crippen LogP contribution in [0.3, 0.4) is 0 Å². The molecule has 102 valence electrons. The van der Waals surface area contributed by atoms with Crippen molar-refractivity contribution in [3.63, 3.8) is 0 Å². The number of ketones is 1. The predicted octanol–water partition coefficient (Wildman–Crippen LogP) is 1.96. The number of rotatable bonds is 2. The molecule has 1 aromatic rings. The van der Waals surface area contributed by atoms with E-state index in [0.29, 0.717) is 6.04 Å². The molecule has 4 nitrogen and oxygen atoms in total. The van der Waals surface area contributed by atoms with Gasteiger partial charge in [-0.2, -0.15) is 0 Å². The number of Topliss-reactive ketones (excluding diaryl/α,β-unsaturated/α-hetero) is 1. The lowest BCUT2D eigenvalue weighted by molar-refractivity contribution is 0.101. The van der Waals surface area contributed by atoms with Crippen molar-refractivity contribution >= 4 is 11.6 Å². The first-order valence-corrected chi connectivity index (χ1v) is 7.20. The van der Waals surface area contributed by atoms with Gasteiger partial charge in [-0.3, -0.25) is 9.69 Å². The third-order valence-corrected chi connectivity index (χ3v) is 4.31. The highest BCUT2D eigenvalue weighted by molar-refractivity contribution is 5.94. The number of piperidine rings is 1. The molecular formula is C15H21N3O. The van der Waals surface area contributed by atoms with Crippen LogP contribution in [-0.4, -0.2) is 47.9 Å². The fraction of sp³-hybridized carbons (Fsp3) is 0.600. The summed E-state index contributed by atoms with van der Waals surface area (Å²) < 4.78 is 0. The second kappa shape index (κ2) is 5.29. The first-order valence-electron chi connectivity index (χ1n) is 7.20. The average Bonchev–Trinajstić information content (AvgIpc) is 2.47. The van der Waals surface area contributed by atoms with E-state index < -0.39 is 0 Å². The number of carbonyl (C=O) groups is 1. The van der Waals surface area contributed by atoms with E-state index >= 15 is 0 Å². The summed E-state index contributed by atoms with van der Waals surface area (Å²) in [5, 5.41) is 0. The lowest BCUT2D eigenvalue weighted by Crippen LogP contribution is -2.55. The van der Waals surface area contributed by atoms with Gasteiger partial charge < -0.3 is 4.90 Å². The Labute approximate surface area is 114 Å². The van der Waals surface area contributed by atoms with E-state index in [9.17, 15) is 4.79 Å². The highest BCUT2D eigenvalue weighted by Gasteiger charge is 2.29. The number of aromatic nitrogens is 1. The van der Waals surface area contributed by atoms with Crippen molar-refractivity contribution in [1.29, 1.82) is 0 Å². The average molecular weight is 259 g/mol. The van der Waals surface area contributed by atoms with Gasteiger partial charge in [0.05, 0.1) is 0 Å². The van der Waals surface area contributed by atoms with Gasteiger partial charge in [-0.1, -0.05) is 6.42 Å². The van der Waals surface area contributed by atoms with Crippen LogP contribution in [0.2, 0.25) is 0 Å². The zero-order chi connectivity index (χ0) is 13.2. The molecule has 0 spiro atoms. The second-order valence-corrected chi connectivity index (χ2v) is 5.59. The molecule has 0 bridgehead atoms.